The predicted molar refractivity (Wildman–Crippen MR) is 106 cm³/mol. The van der Waals surface area contributed by atoms with Crippen molar-refractivity contribution in [3.63, 3.8) is 0 Å². The first-order valence-electron chi connectivity index (χ1n) is 10.0. The van der Waals surface area contributed by atoms with Gasteiger partial charge in [0.05, 0.1) is 0 Å². The Morgan fingerprint density at radius 3 is 2.73 bits per heavy atom. The highest BCUT2D eigenvalue weighted by molar-refractivity contribution is 5.80. The molecule has 1 aliphatic carbocycles. The van der Waals surface area contributed by atoms with Gasteiger partial charge in [-0.1, -0.05) is 26.0 Å². The van der Waals surface area contributed by atoms with Crippen molar-refractivity contribution in [2.24, 2.45) is 10.9 Å². The molecule has 1 N–H and O–H groups in total. The monoisotopic (exact) mass is 360 g/mol. The lowest BCUT2D eigenvalue weighted by atomic mass is 9.96. The van der Waals surface area contributed by atoms with Crippen molar-refractivity contribution in [3.8, 4) is 0 Å². The van der Waals surface area contributed by atoms with Gasteiger partial charge in [0, 0.05) is 38.6 Å². The van der Waals surface area contributed by atoms with E-state index in [1.165, 1.54) is 19.0 Å². The normalized spacial score (nSPS) is 22.1. The molecule has 1 aliphatic heterocycles. The molecule has 1 unspecified atom stereocenters. The smallest absolute Gasteiger partial charge is 0.193 e. The molecule has 0 radical (unpaired) electrons. The van der Waals surface area contributed by atoms with Gasteiger partial charge >= 0.3 is 0 Å². The molecular weight excluding hydrogens is 327 g/mol. The van der Waals surface area contributed by atoms with E-state index < -0.39 is 0 Å². The lowest BCUT2D eigenvalue weighted by Gasteiger charge is -2.26. The molecule has 1 heterocycles. The summed E-state index contributed by atoms with van der Waals surface area (Å²) in [6.07, 6.45) is 3.46. The highest BCUT2D eigenvalue weighted by Gasteiger charge is 2.44. The van der Waals surface area contributed by atoms with E-state index in [1.807, 2.05) is 13.1 Å². The van der Waals surface area contributed by atoms with Crippen LogP contribution in [0, 0.1) is 11.7 Å². The van der Waals surface area contributed by atoms with Gasteiger partial charge in [0.15, 0.2) is 5.96 Å². The molecular formula is C21H33FN4. The maximum atomic E-state index is 13.6. The van der Waals surface area contributed by atoms with Gasteiger partial charge in [-0.2, -0.15) is 0 Å². The van der Waals surface area contributed by atoms with Crippen LogP contribution in [-0.4, -0.2) is 62.1 Å². The number of guanidine groups is 1. The number of hydrogen-bond acceptors (Lipinski definition) is 2. The minimum Gasteiger partial charge on any atom is -0.355 e. The molecule has 2 aliphatic rings. The Kier molecular flexibility index (Phi) is 6.17. The van der Waals surface area contributed by atoms with Gasteiger partial charge in [0.2, 0.25) is 0 Å². The summed E-state index contributed by atoms with van der Waals surface area (Å²) >= 11 is 0. The molecule has 2 fully saturated rings. The van der Waals surface area contributed by atoms with Crippen LogP contribution in [0.3, 0.4) is 0 Å². The van der Waals surface area contributed by atoms with Crippen LogP contribution in [0.15, 0.2) is 29.3 Å². The van der Waals surface area contributed by atoms with Crippen molar-refractivity contribution in [1.29, 1.82) is 0 Å². The Balaban J connectivity index is 1.54. The van der Waals surface area contributed by atoms with Crippen LogP contribution in [0.1, 0.15) is 38.7 Å². The molecule has 4 nitrogen and oxygen atoms in total. The fourth-order valence-electron chi connectivity index (χ4n) is 4.14. The van der Waals surface area contributed by atoms with E-state index in [1.54, 1.807) is 6.07 Å². The zero-order chi connectivity index (χ0) is 18.6. The van der Waals surface area contributed by atoms with Gasteiger partial charge < -0.3 is 15.1 Å². The Hall–Kier alpha value is -1.62. The number of rotatable bonds is 7. The molecule has 5 heteroatoms. The van der Waals surface area contributed by atoms with Crippen molar-refractivity contribution in [1.82, 2.24) is 15.1 Å². The molecule has 144 valence electrons. The second-order valence-corrected chi connectivity index (χ2v) is 7.78. The first kappa shape index (κ1) is 19.2. The van der Waals surface area contributed by atoms with Crippen LogP contribution in [0.5, 0.6) is 0 Å². The molecule has 3 rings (SSSR count). The van der Waals surface area contributed by atoms with Crippen molar-refractivity contribution in [2.75, 3.05) is 46.3 Å². The van der Waals surface area contributed by atoms with E-state index in [4.69, 9.17) is 0 Å². The average molecular weight is 361 g/mol. The van der Waals surface area contributed by atoms with E-state index in [2.05, 4.69) is 40.0 Å². The minimum atomic E-state index is -0.142. The van der Waals surface area contributed by atoms with Gasteiger partial charge in [-0.25, -0.2) is 4.39 Å². The molecule has 0 bridgehead atoms. The SMILES string of the molecule is CCN(CC)CC1CCN(C(=NC)NCC2(c3cccc(F)c3)CC2)C1. The van der Waals surface area contributed by atoms with Crippen molar-refractivity contribution < 1.29 is 4.39 Å². The number of benzene rings is 1. The summed E-state index contributed by atoms with van der Waals surface area (Å²) in [5.41, 5.74) is 1.19. The van der Waals surface area contributed by atoms with Crippen molar-refractivity contribution in [3.05, 3.63) is 35.6 Å². The van der Waals surface area contributed by atoms with Gasteiger partial charge in [-0.15, -0.1) is 0 Å². The zero-order valence-corrected chi connectivity index (χ0v) is 16.5. The predicted octanol–water partition coefficient (Wildman–Crippen LogP) is 3.10. The van der Waals surface area contributed by atoms with Gasteiger partial charge in [-0.3, -0.25) is 4.99 Å². The van der Waals surface area contributed by atoms with E-state index in [0.29, 0.717) is 5.92 Å². The summed E-state index contributed by atoms with van der Waals surface area (Å²) in [6.45, 7) is 10.9. The van der Waals surface area contributed by atoms with E-state index >= 15 is 0 Å². The van der Waals surface area contributed by atoms with E-state index in [9.17, 15) is 4.39 Å². The summed E-state index contributed by atoms with van der Waals surface area (Å²) in [4.78, 5) is 9.40. The van der Waals surface area contributed by atoms with Crippen LogP contribution in [0.4, 0.5) is 4.39 Å². The standard InChI is InChI=1S/C21H33FN4/c1-4-25(5-2)14-17-9-12-26(15-17)20(23-3)24-16-21(10-11-21)18-7-6-8-19(22)13-18/h6-8,13,17H,4-5,9-12,14-16H2,1-3H3,(H,23,24). The molecule has 0 spiro atoms. The summed E-state index contributed by atoms with van der Waals surface area (Å²) in [6, 6.07) is 7.08. The Morgan fingerprint density at radius 2 is 2.12 bits per heavy atom. The quantitative estimate of drug-likeness (QED) is 0.599. The van der Waals surface area contributed by atoms with E-state index in [-0.39, 0.29) is 11.2 Å². The highest BCUT2D eigenvalue weighted by Crippen LogP contribution is 2.47. The molecule has 1 saturated heterocycles. The van der Waals surface area contributed by atoms with Crippen molar-refractivity contribution in [2.45, 2.75) is 38.5 Å². The maximum absolute atomic E-state index is 13.6. The minimum absolute atomic E-state index is 0.0817. The van der Waals surface area contributed by atoms with E-state index in [0.717, 1.165) is 57.1 Å². The highest BCUT2D eigenvalue weighted by atomic mass is 19.1. The largest absolute Gasteiger partial charge is 0.355 e. The topological polar surface area (TPSA) is 30.9 Å². The second kappa shape index (κ2) is 8.38. The fraction of sp³-hybridized carbons (Fsp3) is 0.667. The maximum Gasteiger partial charge on any atom is 0.193 e. The first-order valence-corrected chi connectivity index (χ1v) is 10.0. The van der Waals surface area contributed by atoms with Gasteiger partial charge in [0.25, 0.3) is 0 Å². The molecule has 26 heavy (non-hydrogen) atoms. The summed E-state index contributed by atoms with van der Waals surface area (Å²) in [7, 11) is 1.86. The Morgan fingerprint density at radius 1 is 1.35 bits per heavy atom. The number of nitrogens with zero attached hydrogens (tertiary/aromatic N) is 3. The molecule has 1 aromatic rings. The average Bonchev–Trinajstić information content (AvgIpc) is 3.31. The number of hydrogen-bond donors (Lipinski definition) is 1. The molecule has 0 aromatic heterocycles. The number of aliphatic imine (C=N–C) groups is 1. The van der Waals surface area contributed by atoms with Crippen LogP contribution in [0.25, 0.3) is 0 Å². The lowest BCUT2D eigenvalue weighted by Crippen LogP contribution is -2.43. The molecule has 0 amide bonds. The summed E-state index contributed by atoms with van der Waals surface area (Å²) < 4.78 is 13.6. The number of nitrogens with one attached hydrogen (secondary N) is 1. The third kappa shape index (κ3) is 4.37. The lowest BCUT2D eigenvalue weighted by molar-refractivity contribution is 0.255. The second-order valence-electron chi connectivity index (χ2n) is 7.78. The summed E-state index contributed by atoms with van der Waals surface area (Å²) in [5.74, 6) is 1.57. The van der Waals surface area contributed by atoms with Crippen LogP contribution < -0.4 is 5.32 Å². The third-order valence-corrected chi connectivity index (χ3v) is 6.08. The van der Waals surface area contributed by atoms with Crippen LogP contribution in [-0.2, 0) is 5.41 Å². The number of likely N-dealkylation sites (tertiary alicyclic amines) is 1. The van der Waals surface area contributed by atoms with Crippen LogP contribution >= 0.6 is 0 Å². The molecule has 1 atom stereocenters. The Bertz CT molecular complexity index is 622. The zero-order valence-electron chi connectivity index (χ0n) is 16.5. The van der Waals surface area contributed by atoms with Gasteiger partial charge in [0.1, 0.15) is 5.82 Å². The molecule has 1 aromatic carbocycles. The molecule has 1 saturated carbocycles. The van der Waals surface area contributed by atoms with Crippen LogP contribution in [0.2, 0.25) is 0 Å². The third-order valence-electron chi connectivity index (χ3n) is 6.08. The fourth-order valence-corrected chi connectivity index (χ4v) is 4.14. The number of halogens is 1. The van der Waals surface area contributed by atoms with Crippen molar-refractivity contribution >= 4 is 5.96 Å². The van der Waals surface area contributed by atoms with Gasteiger partial charge in [-0.05, 0) is 56.0 Å². The first-order chi connectivity index (χ1) is 12.6. The Labute approximate surface area is 157 Å². The summed E-state index contributed by atoms with van der Waals surface area (Å²) in [5, 5.41) is 3.57.